The number of hydrogen-bond donors (Lipinski definition) is 1. The zero-order chi connectivity index (χ0) is 12.1. The number of rotatable bonds is 3. The zero-order valence-corrected chi connectivity index (χ0v) is 9.11. The summed E-state index contributed by atoms with van der Waals surface area (Å²) in [5.74, 6) is 0.131. The highest BCUT2D eigenvalue weighted by molar-refractivity contribution is 5.93. The summed E-state index contributed by atoms with van der Waals surface area (Å²) in [5.41, 5.74) is 6.53. The summed E-state index contributed by atoms with van der Waals surface area (Å²) >= 11 is 0. The Kier molecular flexibility index (Phi) is 3.47. The predicted octanol–water partition coefficient (Wildman–Crippen LogP) is 1.93. The van der Waals surface area contributed by atoms with E-state index in [9.17, 15) is 4.79 Å². The van der Waals surface area contributed by atoms with Crippen molar-refractivity contribution in [3.8, 4) is 0 Å². The number of carbonyl (C=O) groups is 1. The molecule has 0 aliphatic heterocycles. The summed E-state index contributed by atoms with van der Waals surface area (Å²) in [7, 11) is 0. The van der Waals surface area contributed by atoms with E-state index in [0.29, 0.717) is 5.76 Å². The molecule has 0 radical (unpaired) electrons. The molecule has 4 heteroatoms. The van der Waals surface area contributed by atoms with E-state index in [0.717, 1.165) is 5.56 Å². The molecule has 1 aromatic heterocycles. The minimum Gasteiger partial charge on any atom is -0.463 e. The van der Waals surface area contributed by atoms with E-state index in [-0.39, 0.29) is 0 Å². The summed E-state index contributed by atoms with van der Waals surface area (Å²) in [6.45, 7) is 0. The molecule has 1 heterocycles. The van der Waals surface area contributed by atoms with Crippen LogP contribution >= 0.6 is 0 Å². The smallest absolute Gasteiger partial charge is 0.267 e. The highest BCUT2D eigenvalue weighted by Gasteiger charge is 2.13. The third-order valence-electron chi connectivity index (χ3n) is 2.29. The fraction of sp³-hybridized carbons (Fsp3) is 0.0769. The van der Waals surface area contributed by atoms with Crippen LogP contribution in [0.15, 0.2) is 58.1 Å². The maximum Gasteiger partial charge on any atom is 0.267 e. The summed E-state index contributed by atoms with van der Waals surface area (Å²) < 4.78 is 5.03. The van der Waals surface area contributed by atoms with Crippen LogP contribution in [0.4, 0.5) is 0 Å². The Bertz CT molecular complexity index is 503. The Morgan fingerprint density at radius 1 is 1.24 bits per heavy atom. The molecule has 0 saturated heterocycles. The van der Waals surface area contributed by atoms with Crippen LogP contribution in [0.1, 0.15) is 17.4 Å². The number of amides is 1. The Balaban J connectivity index is 2.06. The zero-order valence-electron chi connectivity index (χ0n) is 9.11. The van der Waals surface area contributed by atoms with Crippen LogP contribution in [0.2, 0.25) is 0 Å². The van der Waals surface area contributed by atoms with Crippen molar-refractivity contribution in [1.82, 2.24) is 0 Å². The highest BCUT2D eigenvalue weighted by Crippen LogP contribution is 2.10. The third kappa shape index (κ3) is 2.89. The molecule has 2 rings (SSSR count). The Labute approximate surface area is 98.8 Å². The second-order valence-corrected chi connectivity index (χ2v) is 3.50. The van der Waals surface area contributed by atoms with E-state index in [1.54, 1.807) is 24.3 Å². The van der Waals surface area contributed by atoms with Gasteiger partial charge in [0.2, 0.25) is 0 Å². The summed E-state index contributed by atoms with van der Waals surface area (Å²) in [5, 5.41) is 0. The molecule has 1 atom stereocenters. The molecule has 0 unspecified atom stereocenters. The number of carbonyl (C=O) groups excluding carboxylic acids is 1. The Hall–Kier alpha value is -2.20. The topological polar surface area (TPSA) is 68.6 Å². The van der Waals surface area contributed by atoms with Crippen molar-refractivity contribution in [3.05, 3.63) is 60.1 Å². The molecule has 17 heavy (non-hydrogen) atoms. The molecule has 4 nitrogen and oxygen atoms in total. The summed E-state index contributed by atoms with van der Waals surface area (Å²) in [6.07, 6.45) is 2.88. The maximum atomic E-state index is 11.7. The second kappa shape index (κ2) is 5.23. The van der Waals surface area contributed by atoms with Gasteiger partial charge in [0, 0.05) is 0 Å². The van der Waals surface area contributed by atoms with Crippen molar-refractivity contribution < 1.29 is 9.21 Å². The van der Waals surface area contributed by atoms with Crippen molar-refractivity contribution >= 4 is 12.1 Å². The van der Waals surface area contributed by atoms with Gasteiger partial charge in [-0.15, -0.1) is 0 Å². The average molecular weight is 228 g/mol. The van der Waals surface area contributed by atoms with Crippen LogP contribution in [0.3, 0.4) is 0 Å². The van der Waals surface area contributed by atoms with Crippen molar-refractivity contribution in [2.45, 2.75) is 6.04 Å². The van der Waals surface area contributed by atoms with Crippen LogP contribution in [0.25, 0.3) is 0 Å². The fourth-order valence-corrected chi connectivity index (χ4v) is 1.38. The minimum atomic E-state index is -0.734. The molecular weight excluding hydrogens is 216 g/mol. The van der Waals surface area contributed by atoms with E-state index >= 15 is 0 Å². The molecule has 0 fully saturated rings. The monoisotopic (exact) mass is 228 g/mol. The Morgan fingerprint density at radius 3 is 2.65 bits per heavy atom. The lowest BCUT2D eigenvalue weighted by molar-refractivity contribution is -0.119. The molecule has 0 saturated carbocycles. The van der Waals surface area contributed by atoms with E-state index in [1.165, 1.54) is 12.5 Å². The molecule has 0 bridgehead atoms. The van der Waals surface area contributed by atoms with Gasteiger partial charge in [-0.2, -0.15) is 0 Å². The molecular formula is C13H12N2O2. The van der Waals surface area contributed by atoms with Crippen LogP contribution in [0, 0.1) is 0 Å². The first-order chi connectivity index (χ1) is 8.27. The summed E-state index contributed by atoms with van der Waals surface area (Å²) in [6, 6.07) is 11.8. The number of aliphatic imine (C=N–C) groups is 1. The van der Waals surface area contributed by atoms with Gasteiger partial charge in [0.05, 0.1) is 12.5 Å². The number of nitrogens with two attached hydrogens (primary N) is 1. The quantitative estimate of drug-likeness (QED) is 0.816. The van der Waals surface area contributed by atoms with E-state index < -0.39 is 11.9 Å². The Morgan fingerprint density at radius 2 is 2.00 bits per heavy atom. The van der Waals surface area contributed by atoms with E-state index in [1.807, 2.05) is 18.2 Å². The van der Waals surface area contributed by atoms with Crippen molar-refractivity contribution in [3.63, 3.8) is 0 Å². The SMILES string of the molecule is N[C@@H](C(=O)N=Cc1ccco1)c1ccccc1. The van der Waals surface area contributed by atoms with Gasteiger partial charge in [-0.1, -0.05) is 30.3 Å². The molecule has 0 aliphatic rings. The van der Waals surface area contributed by atoms with Gasteiger partial charge in [0.25, 0.3) is 5.91 Å². The maximum absolute atomic E-state index is 11.7. The molecule has 2 N–H and O–H groups in total. The number of hydrogen-bond acceptors (Lipinski definition) is 3. The van der Waals surface area contributed by atoms with Gasteiger partial charge in [-0.25, -0.2) is 4.99 Å². The molecule has 0 aliphatic carbocycles. The lowest BCUT2D eigenvalue weighted by Gasteiger charge is -2.06. The van der Waals surface area contributed by atoms with Crippen LogP contribution < -0.4 is 5.73 Å². The van der Waals surface area contributed by atoms with E-state index in [4.69, 9.17) is 10.2 Å². The van der Waals surface area contributed by atoms with Crippen molar-refractivity contribution in [1.29, 1.82) is 0 Å². The molecule has 1 amide bonds. The van der Waals surface area contributed by atoms with Gasteiger partial charge in [0.15, 0.2) is 0 Å². The minimum absolute atomic E-state index is 0.396. The molecule has 1 aromatic carbocycles. The largest absolute Gasteiger partial charge is 0.463 e. The fourth-order valence-electron chi connectivity index (χ4n) is 1.38. The lowest BCUT2D eigenvalue weighted by atomic mass is 10.1. The first-order valence-corrected chi connectivity index (χ1v) is 5.19. The standard InChI is InChI=1S/C13H12N2O2/c14-12(10-5-2-1-3-6-10)13(16)15-9-11-7-4-8-17-11/h1-9,12H,14H2/t12-/m1/s1. The van der Waals surface area contributed by atoms with Gasteiger partial charge in [0.1, 0.15) is 11.8 Å². The first kappa shape index (κ1) is 11.3. The molecule has 86 valence electrons. The molecule has 2 aromatic rings. The van der Waals surface area contributed by atoms with Gasteiger partial charge in [-0.3, -0.25) is 4.79 Å². The van der Waals surface area contributed by atoms with E-state index in [2.05, 4.69) is 4.99 Å². The second-order valence-electron chi connectivity index (χ2n) is 3.50. The van der Waals surface area contributed by atoms with Crippen molar-refractivity contribution in [2.24, 2.45) is 10.7 Å². The predicted molar refractivity (Wildman–Crippen MR) is 64.7 cm³/mol. The lowest BCUT2D eigenvalue weighted by Crippen LogP contribution is -2.19. The van der Waals surface area contributed by atoms with Gasteiger partial charge < -0.3 is 10.2 Å². The highest BCUT2D eigenvalue weighted by atomic mass is 16.3. The summed E-state index contributed by atoms with van der Waals surface area (Å²) in [4.78, 5) is 15.4. The number of nitrogens with zero attached hydrogens (tertiary/aromatic N) is 1. The normalized spacial score (nSPS) is 12.8. The number of benzene rings is 1. The van der Waals surface area contributed by atoms with Crippen molar-refractivity contribution in [2.75, 3.05) is 0 Å². The third-order valence-corrected chi connectivity index (χ3v) is 2.29. The number of furan rings is 1. The average Bonchev–Trinajstić information content (AvgIpc) is 2.89. The molecule has 0 spiro atoms. The van der Waals surface area contributed by atoms with Crippen LogP contribution in [0.5, 0.6) is 0 Å². The van der Waals surface area contributed by atoms with Gasteiger partial charge >= 0.3 is 0 Å². The van der Waals surface area contributed by atoms with Gasteiger partial charge in [-0.05, 0) is 17.7 Å². The van der Waals surface area contributed by atoms with Crippen LogP contribution in [-0.4, -0.2) is 12.1 Å². The van der Waals surface area contributed by atoms with Crippen LogP contribution in [-0.2, 0) is 4.79 Å². The first-order valence-electron chi connectivity index (χ1n) is 5.19.